The van der Waals surface area contributed by atoms with Crippen LogP contribution >= 0.6 is 34.8 Å². The molecule has 0 N–H and O–H groups in total. The van der Waals surface area contributed by atoms with E-state index >= 15 is 0 Å². The van der Waals surface area contributed by atoms with Crippen molar-refractivity contribution >= 4 is 44.8 Å². The molecule has 17 heavy (non-hydrogen) atoms. The largest absolute Gasteiger partial charge is 0.215 e. The second-order valence-electron chi connectivity index (χ2n) is 3.50. The third-order valence-corrected chi connectivity index (χ3v) is 5.02. The van der Waals surface area contributed by atoms with Gasteiger partial charge in [-0.3, -0.25) is 0 Å². The summed E-state index contributed by atoms with van der Waals surface area (Å²) in [5, 5.41) is 0.968. The molecule has 0 atom stereocenters. The van der Waals surface area contributed by atoms with Crippen LogP contribution in [-0.4, -0.2) is 31.4 Å². The van der Waals surface area contributed by atoms with Crippen LogP contribution in [-0.2, 0) is 16.6 Å². The molecule has 96 valence electrons. The zero-order valence-corrected chi connectivity index (χ0v) is 12.2. The van der Waals surface area contributed by atoms with Gasteiger partial charge < -0.3 is 0 Å². The summed E-state index contributed by atoms with van der Waals surface area (Å²) in [7, 11) is -1.83. The highest BCUT2D eigenvalue weighted by atomic mass is 35.5. The number of hydrogen-bond donors (Lipinski definition) is 0. The average molecular weight is 317 g/mol. The molecule has 0 saturated carbocycles. The van der Waals surface area contributed by atoms with Gasteiger partial charge in [-0.05, 0) is 17.7 Å². The van der Waals surface area contributed by atoms with Gasteiger partial charge in [-0.15, -0.1) is 11.6 Å². The molecule has 0 amide bonds. The minimum Gasteiger partial charge on any atom is -0.212 e. The number of hydrogen-bond acceptors (Lipinski definition) is 2. The Hall–Kier alpha value is -0.000000000000000111. The molecule has 0 aromatic heterocycles. The third-order valence-electron chi connectivity index (χ3n) is 2.22. The molecule has 0 radical (unpaired) electrons. The lowest BCUT2D eigenvalue weighted by atomic mass is 10.2. The molecule has 1 aromatic carbocycles. The summed E-state index contributed by atoms with van der Waals surface area (Å²) in [5.74, 6) is -0.0166. The van der Waals surface area contributed by atoms with E-state index < -0.39 is 10.0 Å². The summed E-state index contributed by atoms with van der Waals surface area (Å²) in [6.07, 6.45) is 0. The van der Waals surface area contributed by atoms with Gasteiger partial charge in [0.15, 0.2) is 0 Å². The van der Waals surface area contributed by atoms with Gasteiger partial charge in [-0.2, -0.15) is 0 Å². The summed E-state index contributed by atoms with van der Waals surface area (Å²) < 4.78 is 24.6. The normalized spacial score (nSPS) is 12.1. The second kappa shape index (κ2) is 6.25. The molecule has 0 spiro atoms. The Balaban J connectivity index is 2.85. The van der Waals surface area contributed by atoms with Gasteiger partial charge >= 0.3 is 0 Å². The predicted molar refractivity (Wildman–Crippen MR) is 72.4 cm³/mol. The van der Waals surface area contributed by atoms with Crippen LogP contribution in [0.1, 0.15) is 5.56 Å². The monoisotopic (exact) mass is 315 g/mol. The summed E-state index contributed by atoms with van der Waals surface area (Å²) in [6.45, 7) is 0.204. The number of sulfonamides is 1. The first-order valence-corrected chi connectivity index (χ1v) is 7.70. The summed E-state index contributed by atoms with van der Waals surface area (Å²) in [5.41, 5.74) is 0.705. The molecule has 3 nitrogen and oxygen atoms in total. The molecule has 0 aliphatic rings. The van der Waals surface area contributed by atoms with Crippen molar-refractivity contribution in [3.63, 3.8) is 0 Å². The van der Waals surface area contributed by atoms with Crippen LogP contribution in [0, 0.1) is 0 Å². The highest BCUT2D eigenvalue weighted by Gasteiger charge is 2.18. The van der Waals surface area contributed by atoms with E-state index in [0.29, 0.717) is 15.6 Å². The van der Waals surface area contributed by atoms with E-state index in [1.807, 2.05) is 0 Å². The maximum absolute atomic E-state index is 11.7. The van der Waals surface area contributed by atoms with Crippen LogP contribution in [0.5, 0.6) is 0 Å². The van der Waals surface area contributed by atoms with E-state index in [1.54, 1.807) is 18.2 Å². The summed E-state index contributed by atoms with van der Waals surface area (Å²) >= 11 is 17.2. The van der Waals surface area contributed by atoms with Crippen molar-refractivity contribution in [1.82, 2.24) is 4.31 Å². The number of alkyl halides is 1. The first-order chi connectivity index (χ1) is 7.86. The quantitative estimate of drug-likeness (QED) is 0.783. The lowest BCUT2D eigenvalue weighted by molar-refractivity contribution is 0.468. The highest BCUT2D eigenvalue weighted by Crippen LogP contribution is 2.22. The molecular formula is C10H12Cl3NO2S. The van der Waals surface area contributed by atoms with Crippen LogP contribution in [0.15, 0.2) is 18.2 Å². The Morgan fingerprint density at radius 3 is 2.47 bits per heavy atom. The van der Waals surface area contributed by atoms with E-state index in [9.17, 15) is 8.42 Å². The molecule has 0 aliphatic carbocycles. The summed E-state index contributed by atoms with van der Waals surface area (Å²) in [4.78, 5) is 0. The van der Waals surface area contributed by atoms with Crippen LogP contribution in [0.2, 0.25) is 10.0 Å². The number of halogens is 3. The first kappa shape index (κ1) is 15.1. The molecule has 7 heteroatoms. The molecule has 0 heterocycles. The van der Waals surface area contributed by atoms with E-state index in [-0.39, 0.29) is 18.2 Å². The highest BCUT2D eigenvalue weighted by molar-refractivity contribution is 7.89. The van der Waals surface area contributed by atoms with Crippen molar-refractivity contribution in [2.45, 2.75) is 6.54 Å². The van der Waals surface area contributed by atoms with Crippen LogP contribution < -0.4 is 0 Å². The van der Waals surface area contributed by atoms with Gasteiger partial charge in [0.2, 0.25) is 10.0 Å². The fraction of sp³-hybridized carbons (Fsp3) is 0.400. The van der Waals surface area contributed by atoms with Crippen molar-refractivity contribution in [2.75, 3.05) is 18.7 Å². The van der Waals surface area contributed by atoms with Crippen molar-refractivity contribution < 1.29 is 8.42 Å². The van der Waals surface area contributed by atoms with Crippen LogP contribution in [0.25, 0.3) is 0 Å². The Kier molecular flexibility index (Phi) is 5.54. The minimum atomic E-state index is -3.33. The third kappa shape index (κ3) is 4.30. The van der Waals surface area contributed by atoms with Gasteiger partial charge in [-0.1, -0.05) is 29.3 Å². The molecule has 1 rings (SSSR count). The maximum atomic E-state index is 11.7. The fourth-order valence-corrected chi connectivity index (χ4v) is 3.14. The minimum absolute atomic E-state index is 0.0705. The molecule has 1 aromatic rings. The standard InChI is InChI=1S/C10H12Cl3NO2S/c1-14(17(15,16)5-4-11)7-8-2-3-9(12)6-10(8)13/h2-3,6H,4-5,7H2,1H3. The smallest absolute Gasteiger partial charge is 0.212 e. The molecular weight excluding hydrogens is 305 g/mol. The first-order valence-electron chi connectivity index (χ1n) is 4.80. The van der Waals surface area contributed by atoms with E-state index in [1.165, 1.54) is 11.4 Å². The van der Waals surface area contributed by atoms with Gasteiger partial charge in [-0.25, -0.2) is 12.7 Å². The Labute approximate surface area is 116 Å². The maximum Gasteiger partial charge on any atom is 0.215 e. The molecule has 0 bridgehead atoms. The Morgan fingerprint density at radius 2 is 1.94 bits per heavy atom. The van der Waals surface area contributed by atoms with Crippen molar-refractivity contribution in [1.29, 1.82) is 0 Å². The van der Waals surface area contributed by atoms with Crippen LogP contribution in [0.4, 0.5) is 0 Å². The number of benzene rings is 1. The number of nitrogens with zero attached hydrogens (tertiary/aromatic N) is 1. The van der Waals surface area contributed by atoms with Gasteiger partial charge in [0.25, 0.3) is 0 Å². The van der Waals surface area contributed by atoms with Gasteiger partial charge in [0.1, 0.15) is 0 Å². The Morgan fingerprint density at radius 1 is 1.29 bits per heavy atom. The zero-order chi connectivity index (χ0) is 13.1. The average Bonchev–Trinajstić information content (AvgIpc) is 2.22. The molecule has 0 fully saturated rings. The summed E-state index contributed by atoms with van der Waals surface area (Å²) in [6, 6.07) is 4.96. The Bertz CT molecular complexity index is 490. The SMILES string of the molecule is CN(Cc1ccc(Cl)cc1Cl)S(=O)(=O)CCCl. The van der Waals surface area contributed by atoms with E-state index in [0.717, 1.165) is 0 Å². The van der Waals surface area contributed by atoms with Crippen molar-refractivity contribution in [2.24, 2.45) is 0 Å². The number of rotatable bonds is 5. The zero-order valence-electron chi connectivity index (χ0n) is 9.16. The van der Waals surface area contributed by atoms with E-state index in [4.69, 9.17) is 34.8 Å². The second-order valence-corrected chi connectivity index (χ2v) is 6.91. The molecule has 0 aliphatic heterocycles. The topological polar surface area (TPSA) is 37.4 Å². The van der Waals surface area contributed by atoms with Crippen molar-refractivity contribution in [3.8, 4) is 0 Å². The lowest BCUT2D eigenvalue weighted by Crippen LogP contribution is -2.29. The van der Waals surface area contributed by atoms with Gasteiger partial charge in [0.05, 0.1) is 5.75 Å². The predicted octanol–water partition coefficient (Wildman–Crippen LogP) is 2.99. The molecule has 0 saturated heterocycles. The van der Waals surface area contributed by atoms with Crippen molar-refractivity contribution in [3.05, 3.63) is 33.8 Å². The molecule has 0 unspecified atom stereocenters. The lowest BCUT2D eigenvalue weighted by Gasteiger charge is -2.17. The van der Waals surface area contributed by atoms with Crippen LogP contribution in [0.3, 0.4) is 0 Å². The van der Waals surface area contributed by atoms with Gasteiger partial charge in [0, 0.05) is 29.5 Å². The van der Waals surface area contributed by atoms with E-state index in [2.05, 4.69) is 0 Å². The fourth-order valence-electron chi connectivity index (χ4n) is 1.24.